The highest BCUT2D eigenvalue weighted by molar-refractivity contribution is 7.81. The van der Waals surface area contributed by atoms with E-state index in [1.54, 1.807) is 13.8 Å². The fourth-order valence-electron chi connectivity index (χ4n) is 0.350. The first-order valence-corrected chi connectivity index (χ1v) is 4.20. The van der Waals surface area contributed by atoms with Crippen molar-refractivity contribution in [3.05, 3.63) is 0 Å². The van der Waals surface area contributed by atoms with Crippen LogP contribution in [0.2, 0.25) is 0 Å². The first kappa shape index (κ1) is 10.8. The van der Waals surface area contributed by atoms with Gasteiger partial charge in [-0.2, -0.15) is 8.42 Å². The molecule has 0 saturated heterocycles. The first-order chi connectivity index (χ1) is 4.98. The number of rotatable bonds is 5. The van der Waals surface area contributed by atoms with Crippen LogP contribution < -0.4 is 5.90 Å². The van der Waals surface area contributed by atoms with Gasteiger partial charge in [-0.15, -0.1) is 0 Å². The summed E-state index contributed by atoms with van der Waals surface area (Å²) < 4.78 is 29.7. The minimum atomic E-state index is -3.95. The van der Waals surface area contributed by atoms with E-state index < -0.39 is 23.3 Å². The lowest BCUT2D eigenvalue weighted by molar-refractivity contribution is 0.00549. The lowest BCUT2D eigenvalue weighted by Crippen LogP contribution is -2.17. The number of nitrogens with two attached hydrogens (primary N) is 1. The van der Waals surface area contributed by atoms with Gasteiger partial charge in [-0.05, 0) is 13.8 Å². The van der Waals surface area contributed by atoms with Crippen LogP contribution in [0, 0.1) is 0 Å². The van der Waals surface area contributed by atoms with Crippen molar-refractivity contribution in [3.8, 4) is 0 Å². The summed E-state index contributed by atoms with van der Waals surface area (Å²) in [6.45, 7) is 2.57. The lowest BCUT2D eigenvalue weighted by Gasteiger charge is -2.06. The number of hydrogen-bond donors (Lipinski definition) is 1. The van der Waals surface area contributed by atoms with E-state index in [1.807, 2.05) is 0 Å². The van der Waals surface area contributed by atoms with Crippen molar-refractivity contribution in [1.29, 1.82) is 0 Å². The van der Waals surface area contributed by atoms with Crippen LogP contribution in [0.1, 0.15) is 13.8 Å². The highest BCUT2D eigenvalue weighted by atomic mass is 32.3. The molecule has 0 aliphatic carbocycles. The number of hydrogen-bond acceptors (Lipinski definition) is 6. The van der Waals surface area contributed by atoms with Gasteiger partial charge in [-0.1, -0.05) is 0 Å². The van der Waals surface area contributed by atoms with Crippen LogP contribution in [0.25, 0.3) is 0 Å². The van der Waals surface area contributed by atoms with Crippen molar-refractivity contribution in [3.63, 3.8) is 0 Å². The van der Waals surface area contributed by atoms with Crippen molar-refractivity contribution in [2.45, 2.75) is 20.0 Å². The molecule has 0 amide bonds. The van der Waals surface area contributed by atoms with Gasteiger partial charge in [0.05, 0.1) is 6.10 Å². The monoisotopic (exact) mass is 185 g/mol. The molecule has 0 radical (unpaired) electrons. The molecule has 0 aliphatic heterocycles. The fraction of sp³-hybridized carbons (Fsp3) is 1.00. The van der Waals surface area contributed by atoms with Gasteiger partial charge in [0.25, 0.3) is 0 Å². The predicted octanol–water partition coefficient (Wildman–Crippen LogP) is -0.479. The third-order valence-corrected chi connectivity index (χ3v) is 1.58. The summed E-state index contributed by atoms with van der Waals surface area (Å²) in [5, 5.41) is 0. The molecule has 7 heteroatoms. The van der Waals surface area contributed by atoms with E-state index in [4.69, 9.17) is 0 Å². The SMILES string of the molecule is CC(C)OS(=O)(=O)OCON. The van der Waals surface area contributed by atoms with E-state index in [2.05, 4.69) is 19.1 Å². The fourth-order valence-corrected chi connectivity index (χ4v) is 1.05. The summed E-state index contributed by atoms with van der Waals surface area (Å²) in [5.41, 5.74) is 0. The Morgan fingerprint density at radius 3 is 2.36 bits per heavy atom. The molecule has 0 fully saturated rings. The van der Waals surface area contributed by atoms with Crippen molar-refractivity contribution in [2.24, 2.45) is 5.90 Å². The van der Waals surface area contributed by atoms with E-state index in [0.29, 0.717) is 0 Å². The highest BCUT2D eigenvalue weighted by Gasteiger charge is 2.13. The molecule has 11 heavy (non-hydrogen) atoms. The van der Waals surface area contributed by atoms with Crippen molar-refractivity contribution in [2.75, 3.05) is 6.79 Å². The molecular formula is C4H11NO5S. The molecule has 0 spiro atoms. The van der Waals surface area contributed by atoms with Gasteiger partial charge in [0.15, 0.2) is 6.79 Å². The van der Waals surface area contributed by atoms with Gasteiger partial charge in [-0.25, -0.2) is 14.3 Å². The summed E-state index contributed by atoms with van der Waals surface area (Å²) in [4.78, 5) is 3.88. The Labute approximate surface area is 65.5 Å². The van der Waals surface area contributed by atoms with Gasteiger partial charge >= 0.3 is 10.4 Å². The average Bonchev–Trinajstić information content (AvgIpc) is 1.81. The zero-order valence-corrected chi connectivity index (χ0v) is 7.13. The van der Waals surface area contributed by atoms with Crippen molar-refractivity contribution >= 4 is 10.4 Å². The summed E-state index contributed by atoms with van der Waals surface area (Å²) in [7, 11) is -3.95. The maximum Gasteiger partial charge on any atom is 0.402 e. The van der Waals surface area contributed by atoms with Gasteiger partial charge in [0.2, 0.25) is 0 Å². The summed E-state index contributed by atoms with van der Waals surface area (Å²) in [5.74, 6) is 4.52. The molecule has 0 aromatic rings. The Morgan fingerprint density at radius 1 is 1.45 bits per heavy atom. The first-order valence-electron chi connectivity index (χ1n) is 2.87. The minimum Gasteiger partial charge on any atom is -0.275 e. The Kier molecular flexibility index (Phi) is 4.54. The average molecular weight is 185 g/mol. The minimum absolute atomic E-state index is 0.460. The Balaban J connectivity index is 3.82. The zero-order valence-electron chi connectivity index (χ0n) is 6.31. The molecule has 0 bridgehead atoms. The van der Waals surface area contributed by atoms with Crippen LogP contribution in [0.4, 0.5) is 0 Å². The van der Waals surface area contributed by atoms with E-state index in [-0.39, 0.29) is 0 Å². The summed E-state index contributed by atoms with van der Waals surface area (Å²) in [6, 6.07) is 0. The maximum atomic E-state index is 10.6. The molecule has 2 N–H and O–H groups in total. The van der Waals surface area contributed by atoms with E-state index in [1.165, 1.54) is 0 Å². The predicted molar refractivity (Wildman–Crippen MR) is 36.4 cm³/mol. The Hall–Kier alpha value is -0.210. The molecular weight excluding hydrogens is 174 g/mol. The van der Waals surface area contributed by atoms with Crippen LogP contribution in [0.15, 0.2) is 0 Å². The third-order valence-electron chi connectivity index (χ3n) is 0.571. The van der Waals surface area contributed by atoms with Gasteiger partial charge in [0, 0.05) is 0 Å². The molecule has 0 aromatic heterocycles. The molecule has 6 nitrogen and oxygen atoms in total. The highest BCUT2D eigenvalue weighted by Crippen LogP contribution is 1.99. The molecule has 68 valence electrons. The Morgan fingerprint density at radius 2 is 2.00 bits per heavy atom. The summed E-state index contributed by atoms with van der Waals surface area (Å²) in [6.07, 6.45) is -0.460. The van der Waals surface area contributed by atoms with Crippen LogP contribution in [-0.4, -0.2) is 21.3 Å². The molecule has 0 saturated carbocycles. The third kappa shape index (κ3) is 6.20. The second-order valence-electron chi connectivity index (χ2n) is 1.96. The van der Waals surface area contributed by atoms with Crippen LogP contribution in [0.5, 0.6) is 0 Å². The Bertz CT molecular complexity index is 187. The van der Waals surface area contributed by atoms with E-state index in [0.717, 1.165) is 0 Å². The summed E-state index contributed by atoms with van der Waals surface area (Å²) >= 11 is 0. The van der Waals surface area contributed by atoms with Gasteiger partial charge in [0.1, 0.15) is 0 Å². The topological polar surface area (TPSA) is 87.9 Å². The van der Waals surface area contributed by atoms with Crippen molar-refractivity contribution in [1.82, 2.24) is 0 Å². The lowest BCUT2D eigenvalue weighted by atomic mass is 10.5. The smallest absolute Gasteiger partial charge is 0.275 e. The normalized spacial score (nSPS) is 12.4. The molecule has 0 rings (SSSR count). The quantitative estimate of drug-likeness (QED) is 0.459. The molecule has 0 aliphatic rings. The standard InChI is InChI=1S/C4H11NO5S/c1-4(2)10-11(6,7)9-3-8-5/h4H,3,5H2,1-2H3. The van der Waals surface area contributed by atoms with E-state index in [9.17, 15) is 8.42 Å². The largest absolute Gasteiger partial charge is 0.402 e. The second-order valence-corrected chi connectivity index (χ2v) is 3.20. The van der Waals surface area contributed by atoms with Crippen LogP contribution in [-0.2, 0) is 23.6 Å². The molecule has 0 aromatic carbocycles. The maximum absolute atomic E-state index is 10.6. The van der Waals surface area contributed by atoms with Crippen LogP contribution >= 0.6 is 0 Å². The van der Waals surface area contributed by atoms with E-state index >= 15 is 0 Å². The van der Waals surface area contributed by atoms with Crippen LogP contribution in [0.3, 0.4) is 0 Å². The van der Waals surface area contributed by atoms with Crippen molar-refractivity contribution < 1.29 is 21.6 Å². The van der Waals surface area contributed by atoms with Gasteiger partial charge in [-0.3, -0.25) is 4.84 Å². The zero-order chi connectivity index (χ0) is 8.91. The molecule has 0 unspecified atom stereocenters. The second kappa shape index (κ2) is 4.62. The van der Waals surface area contributed by atoms with Gasteiger partial charge < -0.3 is 0 Å². The molecule has 0 atom stereocenters. The molecule has 0 heterocycles.